The lowest BCUT2D eigenvalue weighted by atomic mass is 10.2. The maximum atomic E-state index is 12.3. The quantitative estimate of drug-likeness (QED) is 0.289. The first-order chi connectivity index (χ1) is 8.18. The zero-order chi connectivity index (χ0) is 12.7. The minimum atomic E-state index is -2.93. The average Bonchev–Trinajstić information content (AvgIpc) is 3.05. The second kappa shape index (κ2) is 7.75. The van der Waals surface area contributed by atoms with E-state index in [1.807, 2.05) is 13.8 Å². The lowest BCUT2D eigenvalue weighted by Crippen LogP contribution is -2.04. The van der Waals surface area contributed by atoms with Gasteiger partial charge in [0.1, 0.15) is 5.78 Å². The van der Waals surface area contributed by atoms with Crippen LogP contribution in [0.5, 0.6) is 0 Å². The third kappa shape index (κ3) is 4.88. The maximum Gasteiger partial charge on any atom is 0.349 e. The van der Waals surface area contributed by atoms with Crippen molar-refractivity contribution in [1.29, 1.82) is 0 Å². The van der Waals surface area contributed by atoms with E-state index in [1.165, 1.54) is 0 Å². The van der Waals surface area contributed by atoms with E-state index in [4.69, 9.17) is 20.6 Å². The SMILES string of the molecule is CCOP(=O)(OCC)[C@H]1N[C@@H]1CCCCCCl. The molecule has 1 N–H and O–H groups in total. The van der Waals surface area contributed by atoms with E-state index >= 15 is 0 Å². The van der Waals surface area contributed by atoms with E-state index < -0.39 is 7.60 Å². The van der Waals surface area contributed by atoms with Gasteiger partial charge in [0, 0.05) is 11.9 Å². The van der Waals surface area contributed by atoms with Crippen LogP contribution < -0.4 is 5.32 Å². The number of nitrogens with one attached hydrogen (secondary N) is 1. The summed E-state index contributed by atoms with van der Waals surface area (Å²) in [5, 5.41) is 3.21. The second-order valence-corrected chi connectivity index (χ2v) is 6.66. The molecule has 17 heavy (non-hydrogen) atoms. The summed E-state index contributed by atoms with van der Waals surface area (Å²) in [6, 6.07) is 0.286. The summed E-state index contributed by atoms with van der Waals surface area (Å²) in [4.78, 5) is 0. The van der Waals surface area contributed by atoms with Crippen molar-refractivity contribution in [3.63, 3.8) is 0 Å². The highest BCUT2D eigenvalue weighted by atomic mass is 35.5. The van der Waals surface area contributed by atoms with Crippen molar-refractivity contribution in [3.8, 4) is 0 Å². The minimum absolute atomic E-state index is 0.0987. The van der Waals surface area contributed by atoms with Crippen molar-refractivity contribution in [2.45, 2.75) is 51.4 Å². The molecule has 2 atom stereocenters. The molecule has 0 unspecified atom stereocenters. The van der Waals surface area contributed by atoms with Crippen LogP contribution in [0.1, 0.15) is 39.5 Å². The smallest absolute Gasteiger partial charge is 0.308 e. The fraction of sp³-hybridized carbons (Fsp3) is 1.00. The Kier molecular flexibility index (Phi) is 7.05. The van der Waals surface area contributed by atoms with Crippen LogP contribution in [-0.4, -0.2) is 30.9 Å². The molecule has 6 heteroatoms. The van der Waals surface area contributed by atoms with Gasteiger partial charge in [-0.15, -0.1) is 11.6 Å². The van der Waals surface area contributed by atoms with Gasteiger partial charge in [-0.2, -0.15) is 0 Å². The summed E-state index contributed by atoms with van der Waals surface area (Å²) in [6.45, 7) is 4.52. The van der Waals surface area contributed by atoms with Gasteiger partial charge in [-0.25, -0.2) is 0 Å². The van der Waals surface area contributed by atoms with Gasteiger partial charge in [0.25, 0.3) is 0 Å². The fourth-order valence-corrected chi connectivity index (χ4v) is 4.18. The molecule has 0 aromatic carbocycles. The first-order valence-corrected chi connectivity index (χ1v) is 8.53. The van der Waals surface area contributed by atoms with Gasteiger partial charge in [0.15, 0.2) is 0 Å². The van der Waals surface area contributed by atoms with Crippen LogP contribution in [0.15, 0.2) is 0 Å². The highest BCUT2D eigenvalue weighted by Gasteiger charge is 2.51. The molecule has 0 aromatic rings. The van der Waals surface area contributed by atoms with Crippen molar-refractivity contribution in [2.75, 3.05) is 19.1 Å². The Labute approximate surface area is 109 Å². The fourth-order valence-electron chi connectivity index (χ4n) is 1.91. The summed E-state index contributed by atoms with van der Waals surface area (Å²) in [6.07, 6.45) is 4.31. The number of halogens is 1. The van der Waals surface area contributed by atoms with Crippen molar-refractivity contribution in [3.05, 3.63) is 0 Å². The van der Waals surface area contributed by atoms with E-state index in [-0.39, 0.29) is 11.8 Å². The molecule has 1 fully saturated rings. The Morgan fingerprint density at radius 2 is 1.82 bits per heavy atom. The lowest BCUT2D eigenvalue weighted by molar-refractivity contribution is 0.218. The molecular formula is C11H23ClNO3P. The van der Waals surface area contributed by atoms with Gasteiger partial charge in [0.2, 0.25) is 0 Å². The van der Waals surface area contributed by atoms with Crippen molar-refractivity contribution < 1.29 is 13.6 Å². The zero-order valence-corrected chi connectivity index (χ0v) is 12.3. The Morgan fingerprint density at radius 3 is 2.35 bits per heavy atom. The predicted octanol–water partition coefficient (Wildman–Crippen LogP) is 3.35. The van der Waals surface area contributed by atoms with Crippen LogP contribution in [0.3, 0.4) is 0 Å². The van der Waals surface area contributed by atoms with E-state index in [9.17, 15) is 4.57 Å². The van der Waals surface area contributed by atoms with Crippen LogP contribution in [-0.2, 0) is 13.6 Å². The second-order valence-electron chi connectivity index (χ2n) is 4.13. The summed E-state index contributed by atoms with van der Waals surface area (Å²) in [7, 11) is -2.93. The van der Waals surface area contributed by atoms with Crippen LogP contribution in [0.4, 0.5) is 0 Å². The number of hydrogen-bond donors (Lipinski definition) is 1. The average molecular weight is 284 g/mol. The van der Waals surface area contributed by atoms with Crippen molar-refractivity contribution in [1.82, 2.24) is 5.32 Å². The topological polar surface area (TPSA) is 57.5 Å². The zero-order valence-electron chi connectivity index (χ0n) is 10.7. The number of rotatable bonds is 10. The van der Waals surface area contributed by atoms with Crippen LogP contribution in [0.2, 0.25) is 0 Å². The molecule has 4 nitrogen and oxygen atoms in total. The van der Waals surface area contributed by atoms with Gasteiger partial charge in [-0.05, 0) is 26.7 Å². The van der Waals surface area contributed by atoms with Gasteiger partial charge in [-0.3, -0.25) is 9.88 Å². The molecule has 0 aromatic heterocycles. The molecular weight excluding hydrogens is 261 g/mol. The Hall–Kier alpha value is 0.400. The Bertz CT molecular complexity index is 255. The van der Waals surface area contributed by atoms with Crippen LogP contribution in [0, 0.1) is 0 Å². The van der Waals surface area contributed by atoms with Gasteiger partial charge >= 0.3 is 7.60 Å². The predicted molar refractivity (Wildman–Crippen MR) is 70.8 cm³/mol. The summed E-state index contributed by atoms with van der Waals surface area (Å²) < 4.78 is 22.9. The number of alkyl halides is 1. The van der Waals surface area contributed by atoms with Crippen molar-refractivity contribution >= 4 is 19.2 Å². The Balaban J connectivity index is 2.29. The number of hydrogen-bond acceptors (Lipinski definition) is 4. The van der Waals surface area contributed by atoms with Gasteiger partial charge in [-0.1, -0.05) is 12.8 Å². The first kappa shape index (κ1) is 15.5. The normalized spacial score (nSPS) is 23.9. The molecule has 0 saturated carbocycles. The van der Waals surface area contributed by atoms with E-state index in [1.54, 1.807) is 0 Å². The summed E-state index contributed by atoms with van der Waals surface area (Å²) in [5.74, 6) is 0.621. The molecule has 1 heterocycles. The molecule has 1 aliphatic heterocycles. The molecule has 1 aliphatic rings. The van der Waals surface area contributed by atoms with Crippen molar-refractivity contribution in [2.24, 2.45) is 0 Å². The van der Waals surface area contributed by atoms with Crippen LogP contribution >= 0.6 is 19.2 Å². The molecule has 1 saturated heterocycles. The molecule has 1 rings (SSSR count). The third-order valence-corrected chi connectivity index (χ3v) is 5.46. The van der Waals surface area contributed by atoms with E-state index in [2.05, 4.69) is 5.32 Å². The maximum absolute atomic E-state index is 12.3. The van der Waals surface area contributed by atoms with Gasteiger partial charge < -0.3 is 9.05 Å². The summed E-state index contributed by atoms with van der Waals surface area (Å²) in [5.41, 5.74) is 0. The molecule has 0 bridgehead atoms. The molecule has 0 aliphatic carbocycles. The molecule has 0 amide bonds. The minimum Gasteiger partial charge on any atom is -0.308 e. The third-order valence-electron chi connectivity index (χ3n) is 2.76. The standard InChI is InChI=1S/C11H23ClNO3P/c1-3-15-17(14,16-4-2)11-10(13-11)8-6-5-7-9-12/h10-11,13H,3-9H2,1-2H3/t10-,11-/m1/s1. The highest BCUT2D eigenvalue weighted by molar-refractivity contribution is 7.55. The Morgan fingerprint density at radius 1 is 1.18 bits per heavy atom. The van der Waals surface area contributed by atoms with E-state index in [0.717, 1.165) is 31.6 Å². The summed E-state index contributed by atoms with van der Waals surface area (Å²) >= 11 is 5.62. The first-order valence-electron chi connectivity index (χ1n) is 6.38. The highest BCUT2D eigenvalue weighted by Crippen LogP contribution is 2.58. The van der Waals surface area contributed by atoms with Crippen LogP contribution in [0.25, 0.3) is 0 Å². The molecule has 0 spiro atoms. The van der Waals surface area contributed by atoms with E-state index in [0.29, 0.717) is 13.2 Å². The lowest BCUT2D eigenvalue weighted by Gasteiger charge is -2.15. The monoisotopic (exact) mass is 283 g/mol. The number of unbranched alkanes of at least 4 members (excludes halogenated alkanes) is 2. The largest absolute Gasteiger partial charge is 0.349 e. The van der Waals surface area contributed by atoms with Gasteiger partial charge in [0.05, 0.1) is 13.2 Å². The molecule has 0 radical (unpaired) electrons. The molecule has 102 valence electrons.